The second-order valence-corrected chi connectivity index (χ2v) is 13.7. The number of hydrogen-bond acceptors (Lipinski definition) is 2. The fraction of sp³-hybridized carbons (Fsp3) is 0. The molecule has 0 amide bonds. The minimum atomic E-state index is 0.883. The Bertz CT molecular complexity index is 3160. The standard InChI is InChI=1S/C50H32N2O/c1-2-18-35(19-3-1)51(43-26-13-17-34-15-5-7-21-39(34)43)36-28-30-37(31-29-36)52-44-25-10-8-22-41(44)48-45(52)32-47-49(42-23-9-11-27-46(42)53-47)50(48)40-24-12-16-33-14-4-6-20-38(33)40/h1-32H. The molecule has 0 fully saturated rings. The minimum absolute atomic E-state index is 0.883. The first-order chi connectivity index (χ1) is 26.3. The summed E-state index contributed by atoms with van der Waals surface area (Å²) in [6.07, 6.45) is 0. The van der Waals surface area contributed by atoms with E-state index in [0.717, 1.165) is 55.7 Å². The van der Waals surface area contributed by atoms with Crippen molar-refractivity contribution < 1.29 is 4.42 Å². The molecule has 0 saturated heterocycles. The van der Waals surface area contributed by atoms with Gasteiger partial charge >= 0.3 is 0 Å². The third-order valence-corrected chi connectivity index (χ3v) is 10.7. The molecule has 0 spiro atoms. The molecule has 11 rings (SSSR count). The quantitative estimate of drug-likeness (QED) is 0.181. The highest BCUT2D eigenvalue weighted by Gasteiger charge is 2.24. The predicted molar refractivity (Wildman–Crippen MR) is 223 cm³/mol. The van der Waals surface area contributed by atoms with E-state index in [-0.39, 0.29) is 0 Å². The van der Waals surface area contributed by atoms with Crippen LogP contribution in [0.5, 0.6) is 0 Å². The normalized spacial score (nSPS) is 11.8. The summed E-state index contributed by atoms with van der Waals surface area (Å²) in [6.45, 7) is 0. The molecule has 248 valence electrons. The number of aromatic nitrogens is 1. The zero-order valence-corrected chi connectivity index (χ0v) is 28.8. The molecule has 11 aromatic rings. The molecule has 0 aliphatic rings. The van der Waals surface area contributed by atoms with Crippen molar-refractivity contribution >= 4 is 82.4 Å². The molecule has 0 N–H and O–H groups in total. The lowest BCUT2D eigenvalue weighted by molar-refractivity contribution is 0.669. The number of para-hydroxylation sites is 3. The highest BCUT2D eigenvalue weighted by molar-refractivity contribution is 6.28. The molecule has 0 radical (unpaired) electrons. The maximum Gasteiger partial charge on any atom is 0.138 e. The minimum Gasteiger partial charge on any atom is -0.456 e. The van der Waals surface area contributed by atoms with Crippen LogP contribution in [0, 0.1) is 0 Å². The van der Waals surface area contributed by atoms with E-state index in [1.165, 1.54) is 43.4 Å². The molecule has 3 nitrogen and oxygen atoms in total. The summed E-state index contributed by atoms with van der Waals surface area (Å²) in [4.78, 5) is 2.36. The Morgan fingerprint density at radius 1 is 0.396 bits per heavy atom. The molecule has 0 aliphatic heterocycles. The zero-order chi connectivity index (χ0) is 34.9. The van der Waals surface area contributed by atoms with E-state index in [4.69, 9.17) is 4.42 Å². The summed E-state index contributed by atoms with van der Waals surface area (Å²) in [6, 6.07) is 69.6. The van der Waals surface area contributed by atoms with Gasteiger partial charge in [0.05, 0.1) is 16.7 Å². The third-order valence-electron chi connectivity index (χ3n) is 10.7. The van der Waals surface area contributed by atoms with Gasteiger partial charge in [0.2, 0.25) is 0 Å². The number of furan rings is 1. The van der Waals surface area contributed by atoms with Gasteiger partial charge in [-0.05, 0) is 76.3 Å². The lowest BCUT2D eigenvalue weighted by atomic mass is 9.91. The molecule has 2 aromatic heterocycles. The van der Waals surface area contributed by atoms with Crippen LogP contribution in [-0.2, 0) is 0 Å². The second-order valence-electron chi connectivity index (χ2n) is 13.7. The van der Waals surface area contributed by atoms with Crippen LogP contribution in [0.15, 0.2) is 199 Å². The molecule has 0 aliphatic carbocycles. The first kappa shape index (κ1) is 29.6. The lowest BCUT2D eigenvalue weighted by Crippen LogP contribution is -2.10. The van der Waals surface area contributed by atoms with Gasteiger partial charge < -0.3 is 13.9 Å². The van der Waals surface area contributed by atoms with Crippen LogP contribution in [0.3, 0.4) is 0 Å². The molecule has 0 saturated carbocycles. The van der Waals surface area contributed by atoms with Crippen LogP contribution in [0.1, 0.15) is 0 Å². The maximum absolute atomic E-state index is 6.69. The molecular weight excluding hydrogens is 645 g/mol. The number of benzene rings is 9. The summed E-state index contributed by atoms with van der Waals surface area (Å²) in [7, 11) is 0. The van der Waals surface area contributed by atoms with Gasteiger partial charge in [-0.3, -0.25) is 0 Å². The van der Waals surface area contributed by atoms with Gasteiger partial charge in [-0.25, -0.2) is 0 Å². The van der Waals surface area contributed by atoms with Crippen molar-refractivity contribution in [2.24, 2.45) is 0 Å². The molecule has 3 heteroatoms. The van der Waals surface area contributed by atoms with E-state index in [9.17, 15) is 0 Å². The summed E-state index contributed by atoms with van der Waals surface area (Å²) in [5.41, 5.74) is 10.9. The van der Waals surface area contributed by atoms with Crippen molar-refractivity contribution in [1.29, 1.82) is 0 Å². The Kier molecular flexibility index (Phi) is 6.55. The largest absolute Gasteiger partial charge is 0.456 e. The Balaban J connectivity index is 1.19. The van der Waals surface area contributed by atoms with Crippen molar-refractivity contribution in [3.05, 3.63) is 194 Å². The zero-order valence-electron chi connectivity index (χ0n) is 28.8. The van der Waals surface area contributed by atoms with E-state index in [1.54, 1.807) is 0 Å². The van der Waals surface area contributed by atoms with Crippen LogP contribution in [-0.4, -0.2) is 4.57 Å². The number of rotatable bonds is 5. The van der Waals surface area contributed by atoms with Crippen molar-refractivity contribution in [2.75, 3.05) is 4.90 Å². The number of fused-ring (bicyclic) bond motifs is 8. The molecule has 0 atom stereocenters. The van der Waals surface area contributed by atoms with Crippen molar-refractivity contribution in [1.82, 2.24) is 4.57 Å². The first-order valence-corrected chi connectivity index (χ1v) is 18.1. The Labute approximate surface area is 306 Å². The van der Waals surface area contributed by atoms with Gasteiger partial charge in [0.25, 0.3) is 0 Å². The SMILES string of the molecule is c1ccc(N(c2ccc(-n3c4ccccc4c4c(-c5cccc6ccccc56)c5c(cc43)oc3ccccc35)cc2)c2cccc3ccccc23)cc1. The summed E-state index contributed by atoms with van der Waals surface area (Å²) < 4.78 is 9.09. The molecular formula is C50H32N2O. The molecule has 2 heterocycles. The first-order valence-electron chi connectivity index (χ1n) is 18.1. The van der Waals surface area contributed by atoms with E-state index in [1.807, 2.05) is 0 Å². The van der Waals surface area contributed by atoms with Crippen molar-refractivity contribution in [3.63, 3.8) is 0 Å². The average molecular weight is 677 g/mol. The fourth-order valence-corrected chi connectivity index (χ4v) is 8.48. The molecule has 0 bridgehead atoms. The monoisotopic (exact) mass is 676 g/mol. The summed E-state index contributed by atoms with van der Waals surface area (Å²) in [5, 5.41) is 9.58. The highest BCUT2D eigenvalue weighted by atomic mass is 16.3. The third kappa shape index (κ3) is 4.54. The fourth-order valence-electron chi connectivity index (χ4n) is 8.48. The molecule has 53 heavy (non-hydrogen) atoms. The smallest absolute Gasteiger partial charge is 0.138 e. The lowest BCUT2D eigenvalue weighted by Gasteiger charge is -2.27. The van der Waals surface area contributed by atoms with Gasteiger partial charge in [0.1, 0.15) is 11.2 Å². The molecule has 0 unspecified atom stereocenters. The van der Waals surface area contributed by atoms with E-state index >= 15 is 0 Å². The van der Waals surface area contributed by atoms with E-state index in [2.05, 4.69) is 204 Å². The van der Waals surface area contributed by atoms with Crippen LogP contribution < -0.4 is 4.90 Å². The maximum atomic E-state index is 6.69. The number of nitrogens with zero attached hydrogens (tertiary/aromatic N) is 2. The second kappa shape index (κ2) is 11.7. The number of hydrogen-bond donors (Lipinski definition) is 0. The van der Waals surface area contributed by atoms with E-state index < -0.39 is 0 Å². The van der Waals surface area contributed by atoms with Crippen LogP contribution in [0.25, 0.3) is 82.1 Å². The predicted octanol–water partition coefficient (Wildman–Crippen LogP) is 14.1. The number of anilines is 3. The molecule has 9 aromatic carbocycles. The van der Waals surface area contributed by atoms with E-state index in [0.29, 0.717) is 0 Å². The summed E-state index contributed by atoms with van der Waals surface area (Å²) >= 11 is 0. The topological polar surface area (TPSA) is 21.3 Å². The van der Waals surface area contributed by atoms with Crippen molar-refractivity contribution in [3.8, 4) is 16.8 Å². The van der Waals surface area contributed by atoms with Gasteiger partial charge in [-0.1, -0.05) is 133 Å². The highest BCUT2D eigenvalue weighted by Crippen LogP contribution is 2.48. The van der Waals surface area contributed by atoms with Crippen LogP contribution >= 0.6 is 0 Å². The Morgan fingerprint density at radius 2 is 1.00 bits per heavy atom. The Morgan fingerprint density at radius 3 is 1.81 bits per heavy atom. The van der Waals surface area contributed by atoms with Gasteiger partial charge in [-0.15, -0.1) is 0 Å². The summed E-state index contributed by atoms with van der Waals surface area (Å²) in [5.74, 6) is 0. The van der Waals surface area contributed by atoms with Crippen LogP contribution in [0.4, 0.5) is 17.1 Å². The Hall–Kier alpha value is -7.10. The van der Waals surface area contributed by atoms with Crippen LogP contribution in [0.2, 0.25) is 0 Å². The van der Waals surface area contributed by atoms with Gasteiger partial charge in [-0.2, -0.15) is 0 Å². The average Bonchev–Trinajstić information content (AvgIpc) is 3.76. The van der Waals surface area contributed by atoms with Gasteiger partial charge in [0.15, 0.2) is 0 Å². The van der Waals surface area contributed by atoms with Gasteiger partial charge in [0, 0.05) is 55.6 Å². The van der Waals surface area contributed by atoms with Crippen molar-refractivity contribution in [2.45, 2.75) is 0 Å².